The number of hydrogen-bond donors (Lipinski definition) is 0. The van der Waals surface area contributed by atoms with Crippen molar-refractivity contribution in [2.45, 2.75) is 13.8 Å². The minimum Gasteiger partial charge on any atom is -0.475 e. The lowest BCUT2D eigenvalue weighted by Gasteiger charge is -2.24. The van der Waals surface area contributed by atoms with Crippen LogP contribution in [0.25, 0.3) is 0 Å². The lowest BCUT2D eigenvalue weighted by molar-refractivity contribution is -0.116. The standard InChI is InChI=1S/C22H24FN3O3/c1-4-18(21(24-5-2)28-15-13-23)16-26(17(3)27)20-12-9-14-25-22(20)29-19-10-7-6-8-11-19/h4-12,14H,2,13,15-16H2,1,3H3/b18-4-,24-21?. The first-order valence-electron chi connectivity index (χ1n) is 9.09. The van der Waals surface area contributed by atoms with Gasteiger partial charge in [0.05, 0.1) is 6.54 Å². The molecule has 0 fully saturated rings. The first-order valence-corrected chi connectivity index (χ1v) is 9.09. The zero-order chi connectivity index (χ0) is 21.1. The summed E-state index contributed by atoms with van der Waals surface area (Å²) in [6.45, 7) is 6.14. The van der Waals surface area contributed by atoms with Crippen LogP contribution in [-0.2, 0) is 9.53 Å². The van der Waals surface area contributed by atoms with Gasteiger partial charge >= 0.3 is 0 Å². The number of para-hydroxylation sites is 1. The molecule has 0 saturated carbocycles. The Bertz CT molecular complexity index is 882. The van der Waals surface area contributed by atoms with Crippen molar-refractivity contribution in [2.75, 3.05) is 24.7 Å². The molecule has 0 N–H and O–H groups in total. The van der Waals surface area contributed by atoms with Gasteiger partial charge in [0.25, 0.3) is 0 Å². The average Bonchev–Trinajstić information content (AvgIpc) is 2.73. The summed E-state index contributed by atoms with van der Waals surface area (Å²) in [7, 11) is 0. The van der Waals surface area contributed by atoms with Crippen LogP contribution < -0.4 is 9.64 Å². The molecule has 0 aliphatic heterocycles. The van der Waals surface area contributed by atoms with Crippen LogP contribution in [0.4, 0.5) is 10.1 Å². The predicted octanol–water partition coefficient (Wildman–Crippen LogP) is 4.70. The van der Waals surface area contributed by atoms with E-state index in [1.54, 1.807) is 43.5 Å². The van der Waals surface area contributed by atoms with E-state index in [0.717, 1.165) is 0 Å². The Balaban J connectivity index is 2.35. The molecular formula is C22H24FN3O3. The first-order chi connectivity index (χ1) is 14.1. The maximum absolute atomic E-state index is 12.6. The van der Waals surface area contributed by atoms with Gasteiger partial charge in [0.2, 0.25) is 17.7 Å². The van der Waals surface area contributed by atoms with E-state index in [0.29, 0.717) is 17.0 Å². The van der Waals surface area contributed by atoms with Crippen molar-refractivity contribution in [3.05, 3.63) is 73.1 Å². The summed E-state index contributed by atoms with van der Waals surface area (Å²) in [5, 5.41) is 0. The number of hydrogen-bond acceptors (Lipinski definition) is 5. The lowest BCUT2D eigenvalue weighted by Crippen LogP contribution is -2.33. The van der Waals surface area contributed by atoms with Gasteiger partial charge in [0.1, 0.15) is 24.7 Å². The molecule has 2 aromatic rings. The molecule has 6 nitrogen and oxygen atoms in total. The number of alkyl halides is 1. The number of amides is 1. The number of pyridine rings is 1. The predicted molar refractivity (Wildman–Crippen MR) is 112 cm³/mol. The molecule has 0 unspecified atom stereocenters. The van der Waals surface area contributed by atoms with Crippen LogP contribution in [-0.4, -0.2) is 36.6 Å². The number of anilines is 1. The SMILES string of the molecule is C=CN=C(OCCF)/C(=C\C)CN(C(C)=O)c1cccnc1Oc1ccccc1. The molecule has 0 radical (unpaired) electrons. The number of allylic oxidation sites excluding steroid dienone is 1. The topological polar surface area (TPSA) is 64.0 Å². The van der Waals surface area contributed by atoms with Crippen molar-refractivity contribution in [2.24, 2.45) is 4.99 Å². The maximum Gasteiger partial charge on any atom is 0.243 e. The third-order valence-electron chi connectivity index (χ3n) is 3.86. The molecule has 0 saturated heterocycles. The van der Waals surface area contributed by atoms with Crippen LogP contribution in [0.3, 0.4) is 0 Å². The van der Waals surface area contributed by atoms with Crippen molar-refractivity contribution >= 4 is 17.5 Å². The van der Waals surface area contributed by atoms with Crippen molar-refractivity contribution in [3.63, 3.8) is 0 Å². The Kier molecular flexibility index (Phi) is 8.56. The van der Waals surface area contributed by atoms with Gasteiger partial charge in [-0.05, 0) is 31.2 Å². The van der Waals surface area contributed by atoms with Gasteiger partial charge in [-0.25, -0.2) is 14.4 Å². The first kappa shape index (κ1) is 21.8. The van der Waals surface area contributed by atoms with Gasteiger partial charge in [-0.1, -0.05) is 30.9 Å². The number of nitrogens with zero attached hydrogens (tertiary/aromatic N) is 3. The molecule has 0 spiro atoms. The zero-order valence-electron chi connectivity index (χ0n) is 16.5. The Morgan fingerprint density at radius 1 is 1.28 bits per heavy atom. The van der Waals surface area contributed by atoms with Gasteiger partial charge in [-0.2, -0.15) is 0 Å². The van der Waals surface area contributed by atoms with Crippen molar-refractivity contribution < 1.29 is 18.7 Å². The second-order valence-corrected chi connectivity index (χ2v) is 5.82. The molecule has 1 aromatic carbocycles. The van der Waals surface area contributed by atoms with Crippen LogP contribution in [0.15, 0.2) is 78.1 Å². The van der Waals surface area contributed by atoms with Gasteiger partial charge in [0, 0.05) is 24.9 Å². The normalized spacial score (nSPS) is 11.7. The molecule has 0 aliphatic rings. The highest BCUT2D eigenvalue weighted by molar-refractivity contribution is 5.99. The fourth-order valence-corrected chi connectivity index (χ4v) is 2.52. The van der Waals surface area contributed by atoms with E-state index in [1.807, 2.05) is 18.2 Å². The van der Waals surface area contributed by atoms with E-state index in [1.165, 1.54) is 18.0 Å². The molecular weight excluding hydrogens is 373 g/mol. The smallest absolute Gasteiger partial charge is 0.243 e. The molecule has 7 heteroatoms. The Morgan fingerprint density at radius 2 is 2.03 bits per heavy atom. The maximum atomic E-state index is 12.6. The van der Waals surface area contributed by atoms with Crippen molar-refractivity contribution in [1.29, 1.82) is 0 Å². The second-order valence-electron chi connectivity index (χ2n) is 5.82. The van der Waals surface area contributed by atoms with Crippen molar-refractivity contribution in [3.8, 4) is 11.6 Å². The number of rotatable bonds is 9. The summed E-state index contributed by atoms with van der Waals surface area (Å²) in [4.78, 5) is 22.3. The molecule has 1 heterocycles. The Morgan fingerprint density at radius 3 is 2.66 bits per heavy atom. The third-order valence-corrected chi connectivity index (χ3v) is 3.86. The molecule has 1 amide bonds. The fraction of sp³-hybridized carbons (Fsp3) is 0.227. The van der Waals surface area contributed by atoms with E-state index in [-0.39, 0.29) is 30.8 Å². The van der Waals surface area contributed by atoms with Crippen LogP contribution >= 0.6 is 0 Å². The molecule has 0 atom stereocenters. The third kappa shape index (κ3) is 6.27. The summed E-state index contributed by atoms with van der Waals surface area (Å²) in [6.07, 6.45) is 4.65. The van der Waals surface area contributed by atoms with E-state index in [9.17, 15) is 9.18 Å². The monoisotopic (exact) mass is 397 g/mol. The molecule has 0 aliphatic carbocycles. The molecule has 29 heavy (non-hydrogen) atoms. The molecule has 1 aromatic heterocycles. The highest BCUT2D eigenvalue weighted by atomic mass is 19.1. The summed E-state index contributed by atoms with van der Waals surface area (Å²) >= 11 is 0. The summed E-state index contributed by atoms with van der Waals surface area (Å²) in [5.74, 6) is 0.873. The quantitative estimate of drug-likeness (QED) is 0.454. The van der Waals surface area contributed by atoms with E-state index < -0.39 is 6.67 Å². The fourth-order valence-electron chi connectivity index (χ4n) is 2.52. The van der Waals surface area contributed by atoms with E-state index in [2.05, 4.69) is 16.6 Å². The summed E-state index contributed by atoms with van der Waals surface area (Å²) < 4.78 is 23.8. The zero-order valence-corrected chi connectivity index (χ0v) is 16.5. The highest BCUT2D eigenvalue weighted by Crippen LogP contribution is 2.30. The Hall–Kier alpha value is -3.48. The van der Waals surface area contributed by atoms with E-state index in [4.69, 9.17) is 9.47 Å². The van der Waals surface area contributed by atoms with Crippen LogP contribution in [0, 0.1) is 0 Å². The number of ether oxygens (including phenoxy) is 2. The molecule has 152 valence electrons. The van der Waals surface area contributed by atoms with Gasteiger partial charge in [0.15, 0.2) is 0 Å². The number of aromatic nitrogens is 1. The van der Waals surface area contributed by atoms with Gasteiger partial charge in [-0.15, -0.1) is 0 Å². The number of halogens is 1. The molecule has 2 rings (SSSR count). The minimum absolute atomic E-state index is 0.140. The van der Waals surface area contributed by atoms with Crippen LogP contribution in [0.5, 0.6) is 11.6 Å². The second kappa shape index (κ2) is 11.4. The number of aliphatic imine (C=N–C) groups is 1. The minimum atomic E-state index is -0.652. The van der Waals surface area contributed by atoms with Crippen LogP contribution in [0.1, 0.15) is 13.8 Å². The summed E-state index contributed by atoms with van der Waals surface area (Å²) in [5.41, 5.74) is 1.09. The number of carbonyl (C=O) groups excluding carboxylic acids is 1. The van der Waals surface area contributed by atoms with Gasteiger partial charge in [-0.3, -0.25) is 4.79 Å². The van der Waals surface area contributed by atoms with E-state index >= 15 is 0 Å². The Labute approximate surface area is 170 Å². The molecule has 0 bridgehead atoms. The average molecular weight is 397 g/mol. The number of carbonyl (C=O) groups is 1. The van der Waals surface area contributed by atoms with Gasteiger partial charge < -0.3 is 14.4 Å². The largest absolute Gasteiger partial charge is 0.475 e. The van der Waals surface area contributed by atoms with Crippen LogP contribution in [0.2, 0.25) is 0 Å². The highest BCUT2D eigenvalue weighted by Gasteiger charge is 2.21. The number of benzene rings is 1. The summed E-state index contributed by atoms with van der Waals surface area (Å²) in [6, 6.07) is 12.6. The van der Waals surface area contributed by atoms with Crippen molar-refractivity contribution in [1.82, 2.24) is 4.98 Å². The lowest BCUT2D eigenvalue weighted by atomic mass is 10.2.